The molecule has 0 aliphatic carbocycles. The first-order valence-electron chi connectivity index (χ1n) is 7.31. The summed E-state index contributed by atoms with van der Waals surface area (Å²) in [5, 5.41) is 13.2. The van der Waals surface area contributed by atoms with Gasteiger partial charge < -0.3 is 10.1 Å². The molecule has 1 amide bonds. The van der Waals surface area contributed by atoms with Gasteiger partial charge in [-0.15, -0.1) is 0 Å². The predicted molar refractivity (Wildman–Crippen MR) is 87.7 cm³/mol. The summed E-state index contributed by atoms with van der Waals surface area (Å²) < 4.78 is 18.9. The third kappa shape index (κ3) is 4.28. The molecule has 6 nitrogen and oxygen atoms in total. The number of anilines is 1. The molecule has 0 aliphatic heterocycles. The van der Waals surface area contributed by atoms with Crippen molar-refractivity contribution in [1.29, 1.82) is 0 Å². The van der Waals surface area contributed by atoms with Crippen molar-refractivity contribution in [2.75, 3.05) is 11.9 Å². The lowest BCUT2D eigenvalue weighted by atomic mass is 10.1. The van der Waals surface area contributed by atoms with Crippen molar-refractivity contribution in [3.05, 3.63) is 63.5 Å². The molecule has 7 heteroatoms. The van der Waals surface area contributed by atoms with Crippen molar-refractivity contribution in [3.63, 3.8) is 0 Å². The van der Waals surface area contributed by atoms with E-state index in [1.165, 1.54) is 6.07 Å². The lowest BCUT2D eigenvalue weighted by Gasteiger charge is -2.12. The summed E-state index contributed by atoms with van der Waals surface area (Å²) in [6.45, 7) is 4.00. The van der Waals surface area contributed by atoms with Gasteiger partial charge in [-0.05, 0) is 37.1 Å². The number of hydrogen-bond donors (Lipinski definition) is 1. The highest BCUT2D eigenvalue weighted by molar-refractivity contribution is 5.91. The Kier molecular flexibility index (Phi) is 5.47. The number of nitro benzene ring substituents is 1. The Morgan fingerprint density at radius 3 is 2.54 bits per heavy atom. The number of nitrogens with zero attached hydrogens (tertiary/aromatic N) is 1. The highest BCUT2D eigenvalue weighted by atomic mass is 19.1. The van der Waals surface area contributed by atoms with E-state index in [4.69, 9.17) is 4.74 Å². The van der Waals surface area contributed by atoms with Crippen LogP contribution in [0.15, 0.2) is 36.4 Å². The van der Waals surface area contributed by atoms with Gasteiger partial charge in [-0.1, -0.05) is 18.2 Å². The third-order valence-electron chi connectivity index (χ3n) is 3.41. The lowest BCUT2D eigenvalue weighted by Crippen LogP contribution is -2.15. The minimum absolute atomic E-state index is 0.0684. The van der Waals surface area contributed by atoms with E-state index < -0.39 is 16.4 Å². The number of carbonyl (C=O) groups is 1. The van der Waals surface area contributed by atoms with Gasteiger partial charge in [-0.25, -0.2) is 0 Å². The van der Waals surface area contributed by atoms with E-state index in [0.717, 1.165) is 29.0 Å². The molecule has 0 radical (unpaired) electrons. The normalized spacial score (nSPS) is 10.3. The number of ether oxygens (including phenoxy) is 1. The van der Waals surface area contributed by atoms with E-state index in [1.807, 2.05) is 32.0 Å². The number of nitrogens with one attached hydrogen (secondary N) is 1. The van der Waals surface area contributed by atoms with Crippen LogP contribution >= 0.6 is 0 Å². The maximum atomic E-state index is 13.2. The summed E-state index contributed by atoms with van der Waals surface area (Å²) in [5.41, 5.74) is 1.44. The lowest BCUT2D eigenvalue weighted by molar-refractivity contribution is -0.387. The molecule has 0 aliphatic rings. The molecule has 0 unspecified atom stereocenters. The maximum Gasteiger partial charge on any atom is 0.306 e. The Labute approximate surface area is 138 Å². The van der Waals surface area contributed by atoms with Gasteiger partial charge in [0.25, 0.3) is 0 Å². The second-order valence-corrected chi connectivity index (χ2v) is 5.29. The average molecular weight is 332 g/mol. The van der Waals surface area contributed by atoms with Gasteiger partial charge in [0.05, 0.1) is 18.0 Å². The van der Waals surface area contributed by atoms with Crippen molar-refractivity contribution >= 4 is 17.3 Å². The predicted octanol–water partition coefficient (Wildman–Crippen LogP) is 3.76. The highest BCUT2D eigenvalue weighted by Gasteiger charge is 2.15. The van der Waals surface area contributed by atoms with E-state index in [2.05, 4.69) is 5.32 Å². The van der Waals surface area contributed by atoms with Gasteiger partial charge in [0.2, 0.25) is 11.7 Å². The zero-order valence-electron chi connectivity index (χ0n) is 13.3. The summed E-state index contributed by atoms with van der Waals surface area (Å²) in [4.78, 5) is 21.7. The van der Waals surface area contributed by atoms with Crippen LogP contribution < -0.4 is 10.1 Å². The molecule has 0 heterocycles. The van der Waals surface area contributed by atoms with E-state index in [9.17, 15) is 19.3 Å². The van der Waals surface area contributed by atoms with Crippen molar-refractivity contribution in [1.82, 2.24) is 0 Å². The fourth-order valence-electron chi connectivity index (χ4n) is 2.23. The smallest absolute Gasteiger partial charge is 0.306 e. The van der Waals surface area contributed by atoms with Crippen molar-refractivity contribution in [3.8, 4) is 5.75 Å². The van der Waals surface area contributed by atoms with Crippen LogP contribution in [0.2, 0.25) is 0 Å². The zero-order chi connectivity index (χ0) is 17.7. The molecule has 24 heavy (non-hydrogen) atoms. The molecular weight excluding hydrogens is 315 g/mol. The number of aryl methyl sites for hydroxylation is 2. The Morgan fingerprint density at radius 1 is 1.25 bits per heavy atom. The fourth-order valence-corrected chi connectivity index (χ4v) is 2.23. The first kappa shape index (κ1) is 17.4. The Hall–Kier alpha value is -2.96. The van der Waals surface area contributed by atoms with E-state index >= 15 is 0 Å². The van der Waals surface area contributed by atoms with Crippen LogP contribution in [-0.2, 0) is 4.79 Å². The number of para-hydroxylation sites is 1. The first-order valence-corrected chi connectivity index (χ1v) is 7.31. The number of carbonyl (C=O) groups excluding carboxylic acids is 1. The van der Waals surface area contributed by atoms with Crippen molar-refractivity contribution in [2.24, 2.45) is 0 Å². The van der Waals surface area contributed by atoms with Crippen molar-refractivity contribution in [2.45, 2.75) is 20.3 Å². The quantitative estimate of drug-likeness (QED) is 0.645. The van der Waals surface area contributed by atoms with Gasteiger partial charge in [0, 0.05) is 11.8 Å². The van der Waals surface area contributed by atoms with Crippen LogP contribution in [0.4, 0.5) is 15.8 Å². The molecule has 2 aromatic rings. The Morgan fingerprint density at radius 2 is 1.92 bits per heavy atom. The van der Waals surface area contributed by atoms with Gasteiger partial charge in [0.15, 0.2) is 0 Å². The van der Waals surface area contributed by atoms with Crippen LogP contribution in [0.25, 0.3) is 0 Å². The molecule has 0 bridgehead atoms. The molecule has 0 saturated carbocycles. The van der Waals surface area contributed by atoms with Crippen LogP contribution in [0.3, 0.4) is 0 Å². The summed E-state index contributed by atoms with van der Waals surface area (Å²) in [7, 11) is 0. The molecule has 2 aromatic carbocycles. The maximum absolute atomic E-state index is 13.2. The van der Waals surface area contributed by atoms with Crippen LogP contribution in [-0.4, -0.2) is 17.4 Å². The summed E-state index contributed by atoms with van der Waals surface area (Å²) in [5.74, 6) is -0.582. The summed E-state index contributed by atoms with van der Waals surface area (Å²) >= 11 is 0. The van der Waals surface area contributed by atoms with E-state index in [0.29, 0.717) is 0 Å². The number of nitro groups is 1. The highest BCUT2D eigenvalue weighted by Crippen LogP contribution is 2.23. The van der Waals surface area contributed by atoms with Gasteiger partial charge >= 0.3 is 5.69 Å². The molecule has 126 valence electrons. The van der Waals surface area contributed by atoms with Crippen molar-refractivity contribution < 1.29 is 18.8 Å². The molecule has 0 spiro atoms. The topological polar surface area (TPSA) is 81.5 Å². The monoisotopic (exact) mass is 332 g/mol. The van der Waals surface area contributed by atoms with E-state index in [1.54, 1.807) is 0 Å². The minimum atomic E-state index is -0.948. The standard InChI is InChI=1S/C17H17FN2O4/c1-11-4-3-5-12(2)17(11)24-9-8-16(21)19-13-6-7-14(18)15(10-13)20(22)23/h3-7,10H,8-9H2,1-2H3,(H,19,21). The number of halogens is 1. The molecule has 0 fully saturated rings. The Balaban J connectivity index is 1.92. The summed E-state index contributed by atoms with van der Waals surface area (Å²) in [6, 6.07) is 8.96. The van der Waals surface area contributed by atoms with Gasteiger partial charge in [-0.3, -0.25) is 14.9 Å². The number of rotatable bonds is 6. The fraction of sp³-hybridized carbons (Fsp3) is 0.235. The number of hydrogen-bond acceptors (Lipinski definition) is 4. The second kappa shape index (κ2) is 7.54. The summed E-state index contributed by atoms with van der Waals surface area (Å²) in [6.07, 6.45) is 0.0684. The van der Waals surface area contributed by atoms with Crippen LogP contribution in [0, 0.1) is 29.8 Å². The van der Waals surface area contributed by atoms with Crippen LogP contribution in [0.5, 0.6) is 5.75 Å². The average Bonchev–Trinajstić information content (AvgIpc) is 2.52. The number of amides is 1. The molecule has 0 atom stereocenters. The third-order valence-corrected chi connectivity index (χ3v) is 3.41. The van der Waals surface area contributed by atoms with E-state index in [-0.39, 0.29) is 24.6 Å². The first-order chi connectivity index (χ1) is 11.4. The molecule has 1 N–H and O–H groups in total. The largest absolute Gasteiger partial charge is 0.493 e. The zero-order valence-corrected chi connectivity index (χ0v) is 13.3. The Bertz CT molecular complexity index is 757. The van der Waals surface area contributed by atoms with Gasteiger partial charge in [-0.2, -0.15) is 4.39 Å². The minimum Gasteiger partial charge on any atom is -0.493 e. The SMILES string of the molecule is Cc1cccc(C)c1OCCC(=O)Nc1ccc(F)c([N+](=O)[O-])c1. The molecule has 0 saturated heterocycles. The molecule has 0 aromatic heterocycles. The van der Waals surface area contributed by atoms with Crippen LogP contribution in [0.1, 0.15) is 17.5 Å². The second-order valence-electron chi connectivity index (χ2n) is 5.29. The molecular formula is C17H17FN2O4. The number of benzene rings is 2. The molecule has 2 rings (SSSR count). The van der Waals surface area contributed by atoms with Gasteiger partial charge in [0.1, 0.15) is 5.75 Å².